The molecule has 0 spiro atoms. The van der Waals surface area contributed by atoms with Gasteiger partial charge in [-0.25, -0.2) is 0 Å². The van der Waals surface area contributed by atoms with Crippen LogP contribution in [-0.4, -0.2) is 10.1 Å². The van der Waals surface area contributed by atoms with Crippen molar-refractivity contribution in [3.8, 4) is 5.75 Å². The average Bonchev–Trinajstić information content (AvgIpc) is 2.86. The van der Waals surface area contributed by atoms with Crippen molar-refractivity contribution in [2.24, 2.45) is 5.73 Å². The summed E-state index contributed by atoms with van der Waals surface area (Å²) in [6, 6.07) is 5.54. The highest BCUT2D eigenvalue weighted by Gasteiger charge is 2.21. The predicted molar refractivity (Wildman–Crippen MR) is 76.7 cm³/mol. The average molecular weight is 296 g/mol. The van der Waals surface area contributed by atoms with Crippen molar-refractivity contribution in [2.45, 2.75) is 39.3 Å². The van der Waals surface area contributed by atoms with E-state index >= 15 is 0 Å². The van der Waals surface area contributed by atoms with Crippen LogP contribution in [0.15, 0.2) is 22.7 Å². The molecule has 0 bridgehead atoms. The predicted octanol–water partition coefficient (Wildman–Crippen LogP) is 3.06. The number of aromatic nitrogens is 2. The zero-order valence-corrected chi connectivity index (χ0v) is 12.6. The Morgan fingerprint density at radius 2 is 2.15 bits per heavy atom. The molecular formula is C14H18ClN3O2. The summed E-state index contributed by atoms with van der Waals surface area (Å²) in [5.41, 5.74) is 6.30. The lowest BCUT2D eigenvalue weighted by molar-refractivity contribution is 0.241. The maximum absolute atomic E-state index is 6.06. The molecule has 1 aromatic heterocycles. The molecule has 1 heterocycles. The molecule has 0 fully saturated rings. The minimum absolute atomic E-state index is 0.202. The smallest absolute Gasteiger partial charge is 0.264 e. The number of rotatable bonds is 5. The van der Waals surface area contributed by atoms with Crippen LogP contribution < -0.4 is 10.5 Å². The molecule has 0 aliphatic heterocycles. The zero-order chi connectivity index (χ0) is 14.8. The third-order valence-corrected chi connectivity index (χ3v) is 3.17. The zero-order valence-electron chi connectivity index (χ0n) is 11.8. The number of nitrogens with zero attached hydrogens (tertiary/aromatic N) is 2. The first-order valence-corrected chi connectivity index (χ1v) is 6.81. The van der Waals surface area contributed by atoms with Crippen LogP contribution in [0.5, 0.6) is 5.75 Å². The van der Waals surface area contributed by atoms with E-state index in [0.29, 0.717) is 11.7 Å². The lowest BCUT2D eigenvalue weighted by Gasteiger charge is -2.11. The summed E-state index contributed by atoms with van der Waals surface area (Å²) in [6.07, 6.45) is 0.849. The molecule has 0 saturated heterocycles. The fraction of sp³-hybridized carbons (Fsp3) is 0.429. The van der Waals surface area contributed by atoms with Gasteiger partial charge in [0.05, 0.1) is 5.54 Å². The summed E-state index contributed by atoms with van der Waals surface area (Å²) in [4.78, 5) is 4.20. The van der Waals surface area contributed by atoms with Crippen LogP contribution in [0.3, 0.4) is 0 Å². The Morgan fingerprint density at radius 3 is 2.75 bits per heavy atom. The number of aryl methyl sites for hydroxylation is 1. The maximum atomic E-state index is 6.06. The van der Waals surface area contributed by atoms with E-state index < -0.39 is 5.54 Å². The highest BCUT2D eigenvalue weighted by atomic mass is 35.5. The van der Waals surface area contributed by atoms with E-state index in [1.54, 1.807) is 0 Å². The summed E-state index contributed by atoms with van der Waals surface area (Å²) in [7, 11) is 0. The van der Waals surface area contributed by atoms with Gasteiger partial charge in [-0.05, 0) is 44.0 Å². The van der Waals surface area contributed by atoms with Crippen LogP contribution in [-0.2, 0) is 18.6 Å². The highest BCUT2D eigenvalue weighted by Crippen LogP contribution is 2.23. The molecule has 2 N–H and O–H groups in total. The van der Waals surface area contributed by atoms with E-state index in [0.717, 1.165) is 22.8 Å². The number of hydrogen-bond acceptors (Lipinski definition) is 5. The molecule has 0 radical (unpaired) electrons. The molecule has 0 saturated carbocycles. The first-order valence-electron chi connectivity index (χ1n) is 6.43. The van der Waals surface area contributed by atoms with Crippen molar-refractivity contribution < 1.29 is 9.26 Å². The van der Waals surface area contributed by atoms with Crippen LogP contribution >= 0.6 is 11.6 Å². The molecule has 108 valence electrons. The maximum Gasteiger partial charge on any atom is 0.264 e. The van der Waals surface area contributed by atoms with E-state index in [1.165, 1.54) is 0 Å². The Balaban J connectivity index is 2.04. The molecule has 0 amide bonds. The molecule has 0 atom stereocenters. The highest BCUT2D eigenvalue weighted by molar-refractivity contribution is 6.31. The Kier molecular flexibility index (Phi) is 4.30. The number of halogens is 1. The lowest BCUT2D eigenvalue weighted by atomic mass is 10.1. The topological polar surface area (TPSA) is 74.2 Å². The van der Waals surface area contributed by atoms with Gasteiger partial charge in [0.2, 0.25) is 0 Å². The lowest BCUT2D eigenvalue weighted by Crippen LogP contribution is -2.30. The normalized spacial score (nSPS) is 11.7. The molecule has 6 heteroatoms. The van der Waals surface area contributed by atoms with Crippen molar-refractivity contribution in [1.29, 1.82) is 0 Å². The van der Waals surface area contributed by atoms with Gasteiger partial charge in [-0.1, -0.05) is 23.7 Å². The molecule has 0 aliphatic rings. The molecule has 2 rings (SSSR count). The number of nitrogens with two attached hydrogens (primary N) is 1. The second-order valence-corrected chi connectivity index (χ2v) is 5.54. The van der Waals surface area contributed by atoms with Gasteiger partial charge in [0.15, 0.2) is 12.4 Å². The molecule has 20 heavy (non-hydrogen) atoms. The van der Waals surface area contributed by atoms with Gasteiger partial charge in [-0.2, -0.15) is 4.98 Å². The minimum Gasteiger partial charge on any atom is -0.484 e. The van der Waals surface area contributed by atoms with E-state index in [1.807, 2.05) is 39.0 Å². The third kappa shape index (κ3) is 3.49. The first-order chi connectivity index (χ1) is 9.40. The van der Waals surface area contributed by atoms with Gasteiger partial charge in [-0.15, -0.1) is 0 Å². The Bertz CT molecular complexity index is 590. The summed E-state index contributed by atoms with van der Waals surface area (Å²) < 4.78 is 10.7. The Hall–Kier alpha value is -1.59. The second-order valence-electron chi connectivity index (χ2n) is 5.13. The number of hydrogen-bond donors (Lipinski definition) is 1. The van der Waals surface area contributed by atoms with E-state index in [9.17, 15) is 0 Å². The van der Waals surface area contributed by atoms with Crippen molar-refractivity contribution in [2.75, 3.05) is 0 Å². The van der Waals surface area contributed by atoms with E-state index in [2.05, 4.69) is 10.1 Å². The van der Waals surface area contributed by atoms with Crippen LogP contribution in [0.1, 0.15) is 38.0 Å². The quantitative estimate of drug-likeness (QED) is 0.917. The monoisotopic (exact) mass is 295 g/mol. The van der Waals surface area contributed by atoms with Crippen molar-refractivity contribution >= 4 is 11.6 Å². The molecule has 0 unspecified atom stereocenters. The second kappa shape index (κ2) is 5.81. The van der Waals surface area contributed by atoms with Crippen LogP contribution in [0, 0.1) is 0 Å². The van der Waals surface area contributed by atoms with Crippen LogP contribution in [0.25, 0.3) is 0 Å². The van der Waals surface area contributed by atoms with Crippen molar-refractivity contribution in [3.63, 3.8) is 0 Å². The summed E-state index contributed by atoms with van der Waals surface area (Å²) in [5, 5.41) is 4.58. The molecule has 1 aromatic carbocycles. The minimum atomic E-state index is -0.628. The third-order valence-electron chi connectivity index (χ3n) is 2.80. The van der Waals surface area contributed by atoms with E-state index in [-0.39, 0.29) is 6.61 Å². The standard InChI is InChI=1S/C14H18ClN3O2/c1-4-9-7-10(5-6-11(9)15)19-8-12-17-13(18-20-12)14(2,3)16/h5-7H,4,8,16H2,1-3H3. The van der Waals surface area contributed by atoms with Gasteiger partial charge >= 0.3 is 0 Å². The van der Waals surface area contributed by atoms with Crippen molar-refractivity contribution in [3.05, 3.63) is 40.5 Å². The molecule has 0 aliphatic carbocycles. The molecule has 5 nitrogen and oxygen atoms in total. The number of ether oxygens (including phenoxy) is 1. The largest absolute Gasteiger partial charge is 0.484 e. The van der Waals surface area contributed by atoms with Gasteiger partial charge in [0.1, 0.15) is 5.75 Å². The number of benzene rings is 1. The van der Waals surface area contributed by atoms with Gasteiger partial charge in [-0.3, -0.25) is 0 Å². The molecular weight excluding hydrogens is 278 g/mol. The first kappa shape index (κ1) is 14.8. The van der Waals surface area contributed by atoms with Gasteiger partial charge in [0, 0.05) is 5.02 Å². The fourth-order valence-corrected chi connectivity index (χ4v) is 1.88. The van der Waals surface area contributed by atoms with Crippen molar-refractivity contribution in [1.82, 2.24) is 10.1 Å². The van der Waals surface area contributed by atoms with E-state index in [4.69, 9.17) is 26.6 Å². The van der Waals surface area contributed by atoms with Gasteiger partial charge < -0.3 is 15.0 Å². The van der Waals surface area contributed by atoms with Crippen LogP contribution in [0.4, 0.5) is 0 Å². The van der Waals surface area contributed by atoms with Gasteiger partial charge in [0.25, 0.3) is 5.89 Å². The Morgan fingerprint density at radius 1 is 1.40 bits per heavy atom. The SMILES string of the molecule is CCc1cc(OCc2nc(C(C)(C)N)no2)ccc1Cl. The summed E-state index contributed by atoms with van der Waals surface area (Å²) in [5.74, 6) is 1.57. The fourth-order valence-electron chi connectivity index (χ4n) is 1.63. The van der Waals surface area contributed by atoms with Crippen LogP contribution in [0.2, 0.25) is 5.02 Å². The molecule has 2 aromatic rings. The summed E-state index contributed by atoms with van der Waals surface area (Å²) in [6.45, 7) is 5.87. The summed E-state index contributed by atoms with van der Waals surface area (Å²) >= 11 is 6.06. The Labute approximate surface area is 123 Å².